The van der Waals surface area contributed by atoms with E-state index >= 15 is 0 Å². The van der Waals surface area contributed by atoms with Crippen LogP contribution in [0.5, 0.6) is 28.9 Å². The van der Waals surface area contributed by atoms with E-state index in [0.717, 1.165) is 54.4 Å². The van der Waals surface area contributed by atoms with Gasteiger partial charge in [-0.15, -0.1) is 0 Å². The molecule has 0 amide bonds. The Hall–Kier alpha value is -13.3. The summed E-state index contributed by atoms with van der Waals surface area (Å²) in [4.78, 5) is 21.1. The molecule has 15 rings (SSSR count). The molecule has 0 atom stereocenters. The maximum Gasteiger partial charge on any atom is 0.450 e. The number of aliphatic hydroxyl groups excluding tert-OH is 1. The van der Waals surface area contributed by atoms with Gasteiger partial charge < -0.3 is 28.8 Å². The molecule has 0 saturated carbocycles. The molecule has 0 aliphatic carbocycles. The Kier molecular flexibility index (Phi) is 26.2. The predicted octanol–water partition coefficient (Wildman–Crippen LogP) is 24.3. The zero-order chi connectivity index (χ0) is 91.5. The van der Waals surface area contributed by atoms with Crippen LogP contribution in [0.25, 0.3) is 83.2 Å². The Bertz CT molecular complexity index is 6060. The van der Waals surface area contributed by atoms with Crippen molar-refractivity contribution in [2.45, 2.75) is 109 Å². The minimum absolute atomic E-state index is 0.00460. The van der Waals surface area contributed by atoms with Gasteiger partial charge in [0, 0.05) is 83.4 Å². The molecule has 0 aliphatic heterocycles. The topological polar surface area (TPSA) is 166 Å². The normalized spacial score (nSPS) is 12.6. The lowest BCUT2D eigenvalue weighted by atomic mass is 10.1. The standard InChI is InChI=1S/C17H13F5N2O2.2C17H13F5N2O.C16H12F5N3O.C16H11F5N2O/c1-16(18,19)26-12-5-2-10(3-6-12)11-4-7-14-13(9-25)23-15(17(20,21)22)24(14)8-11;1-10-14-8-5-12(9-24(14)15(23-10)17(20,21)22)11-3-6-13(7-4-11)25-16(2,18)19;1-16(18,19)10-25-14-6-3-11(4-7-14)12-2-5-13-8-23-15(17(20,21)22)24(13)9-12;1-15(17,18)9-25-13-5-3-10(6-22-13)11-2-4-12-7-23-14(16(19,20)21)24(12)8-11;1-15(17,18)24-13-6-3-10(4-7-13)11-2-5-12-8-22-14(16(19,20)21)23(12)9-11/h2-8,25H,9H2,1H3;3-9H,1-2H3;2-9H,10H2,1H3;2-8H,9H2,1H3;2-9H,1H3. The lowest BCUT2D eigenvalue weighted by molar-refractivity contribution is -0.159. The molecule has 125 heavy (non-hydrogen) atoms. The van der Waals surface area contributed by atoms with Gasteiger partial charge in [0.25, 0.3) is 11.8 Å². The lowest BCUT2D eigenvalue weighted by Crippen LogP contribution is -2.21. The molecule has 0 radical (unpaired) electrons. The van der Waals surface area contributed by atoms with E-state index in [-0.39, 0.29) is 45.8 Å². The zero-order valence-electron chi connectivity index (χ0n) is 64.8. The Morgan fingerprint density at radius 2 is 0.560 bits per heavy atom. The molecule has 0 unspecified atom stereocenters. The van der Waals surface area contributed by atoms with Gasteiger partial charge >= 0.3 is 49.2 Å². The first-order valence-corrected chi connectivity index (χ1v) is 36.0. The average Bonchev–Trinajstić information content (AvgIpc) is 1.64. The van der Waals surface area contributed by atoms with Gasteiger partial charge in [-0.1, -0.05) is 78.9 Å². The molecule has 0 bridgehead atoms. The van der Waals surface area contributed by atoms with E-state index in [1.165, 1.54) is 171 Å². The van der Waals surface area contributed by atoms with Crippen LogP contribution in [0.3, 0.4) is 0 Å². The van der Waals surface area contributed by atoms with Crippen LogP contribution in [-0.2, 0) is 37.5 Å². The number of rotatable bonds is 18. The number of aromatic nitrogens is 11. The Labute approximate surface area is 688 Å². The quantitative estimate of drug-likeness (QED) is 0.0809. The Balaban J connectivity index is 0.000000152. The third-order valence-electron chi connectivity index (χ3n) is 17.2. The van der Waals surface area contributed by atoms with Crippen LogP contribution in [0.4, 0.5) is 110 Å². The third kappa shape index (κ3) is 24.4. The number of fused-ring (bicyclic) bond motifs is 5. The van der Waals surface area contributed by atoms with Crippen molar-refractivity contribution in [1.82, 2.24) is 51.9 Å². The maximum atomic E-state index is 13.2. The van der Waals surface area contributed by atoms with E-state index in [4.69, 9.17) is 9.47 Å². The van der Waals surface area contributed by atoms with Gasteiger partial charge in [-0.05, 0) is 142 Å². The molecule has 4 aromatic carbocycles. The zero-order valence-corrected chi connectivity index (χ0v) is 64.8. The van der Waals surface area contributed by atoms with E-state index in [1.807, 2.05) is 0 Å². The molecule has 15 aromatic rings. The van der Waals surface area contributed by atoms with E-state index in [9.17, 15) is 115 Å². The number of benzene rings is 4. The van der Waals surface area contributed by atoms with Crippen molar-refractivity contribution >= 4 is 27.6 Å². The van der Waals surface area contributed by atoms with Gasteiger partial charge in [0.2, 0.25) is 35.0 Å². The molecule has 0 aliphatic rings. The number of aliphatic hydroxyl groups is 1. The first-order valence-electron chi connectivity index (χ1n) is 36.0. The van der Waals surface area contributed by atoms with E-state index in [2.05, 4.69) is 44.1 Å². The van der Waals surface area contributed by atoms with Crippen molar-refractivity contribution in [3.05, 3.63) is 266 Å². The fraction of sp³-hybridized carbons (Fsp3) is 0.229. The summed E-state index contributed by atoms with van der Waals surface area (Å²) in [6.07, 6.45) is -21.7. The highest BCUT2D eigenvalue weighted by molar-refractivity contribution is 5.71. The van der Waals surface area contributed by atoms with E-state index in [1.54, 1.807) is 42.5 Å². The van der Waals surface area contributed by atoms with Crippen molar-refractivity contribution in [2.75, 3.05) is 13.2 Å². The summed E-state index contributed by atoms with van der Waals surface area (Å²) in [7, 11) is 0. The third-order valence-corrected chi connectivity index (χ3v) is 17.2. The molecule has 0 saturated heterocycles. The fourth-order valence-corrected chi connectivity index (χ4v) is 11.9. The second-order valence-electron chi connectivity index (χ2n) is 27.7. The molecule has 42 heteroatoms. The second-order valence-corrected chi connectivity index (χ2v) is 27.7. The highest BCUT2D eigenvalue weighted by Crippen LogP contribution is 2.39. The SMILES string of the molecule is CC(F)(F)COc1ccc(-c2ccc3cnc(C(F)(F)F)n3c2)cc1.CC(F)(F)COc1ccc(-c2ccc3cnc(C(F)(F)F)n3c2)cn1.CC(F)(F)Oc1ccc(-c2ccc3c(CO)nc(C(F)(F)F)n3c2)cc1.CC(F)(F)Oc1ccc(-c2ccc3cnc(C(F)(F)F)n3c2)cc1.Cc1nc(C(F)(F)F)n2cc(-c3ccc(OC(C)(F)F)cc3)ccc12. The Morgan fingerprint density at radius 1 is 0.280 bits per heavy atom. The van der Waals surface area contributed by atoms with Crippen molar-refractivity contribution in [3.8, 4) is 84.5 Å². The minimum Gasteiger partial charge on any atom is -0.487 e. The van der Waals surface area contributed by atoms with Gasteiger partial charge in [0.1, 0.15) is 23.0 Å². The van der Waals surface area contributed by atoms with Crippen LogP contribution in [0.15, 0.2) is 226 Å². The summed E-state index contributed by atoms with van der Waals surface area (Å²) in [5.74, 6) is -11.0. The van der Waals surface area contributed by atoms with Gasteiger partial charge in [0.05, 0.1) is 64.2 Å². The minimum atomic E-state index is -4.70. The molecule has 1 N–H and O–H groups in total. The highest BCUT2D eigenvalue weighted by Gasteiger charge is 2.41. The summed E-state index contributed by atoms with van der Waals surface area (Å²) < 4.78 is 351. The van der Waals surface area contributed by atoms with Crippen molar-refractivity contribution in [2.24, 2.45) is 0 Å². The smallest absolute Gasteiger partial charge is 0.450 e. The lowest BCUT2D eigenvalue weighted by Gasteiger charge is -2.13. The molecule has 11 heterocycles. The van der Waals surface area contributed by atoms with Crippen LogP contribution in [0.2, 0.25) is 0 Å². The van der Waals surface area contributed by atoms with Crippen LogP contribution < -0.4 is 23.7 Å². The largest absolute Gasteiger partial charge is 0.487 e. The summed E-state index contributed by atoms with van der Waals surface area (Å²) in [6, 6.07) is 41.5. The first-order chi connectivity index (χ1) is 58.0. The van der Waals surface area contributed by atoms with Crippen LogP contribution in [-0.4, -0.2) is 100 Å². The monoisotopic (exact) mass is 1780 g/mol. The van der Waals surface area contributed by atoms with Crippen molar-refractivity contribution < 1.29 is 139 Å². The number of nitrogens with zero attached hydrogens (tertiary/aromatic N) is 11. The van der Waals surface area contributed by atoms with Crippen LogP contribution in [0, 0.1) is 6.92 Å². The van der Waals surface area contributed by atoms with Gasteiger partial charge in [-0.3, -0.25) is 22.0 Å². The summed E-state index contributed by atoms with van der Waals surface area (Å²) in [6.45, 7) is 2.63. The second kappa shape index (κ2) is 35.5. The number of aryl methyl sites for hydroxylation is 1. The van der Waals surface area contributed by atoms with E-state index in [0.29, 0.717) is 98.5 Å². The summed E-state index contributed by atoms with van der Waals surface area (Å²) in [5.41, 5.74) is 6.75. The number of ether oxygens (including phenoxy) is 5. The number of hydrogen-bond acceptors (Lipinski definition) is 12. The van der Waals surface area contributed by atoms with Crippen LogP contribution in [0.1, 0.15) is 75.1 Å². The fourth-order valence-electron chi connectivity index (χ4n) is 11.9. The summed E-state index contributed by atoms with van der Waals surface area (Å²) in [5, 5.41) is 9.21. The highest BCUT2D eigenvalue weighted by atomic mass is 19.4. The number of imidazole rings is 5. The molecule has 660 valence electrons. The van der Waals surface area contributed by atoms with Gasteiger partial charge in [-0.2, -0.15) is 92.2 Å². The Morgan fingerprint density at radius 3 is 0.872 bits per heavy atom. The molecule has 11 aromatic heterocycles. The molecular weight excluding hydrogens is 1720 g/mol. The van der Waals surface area contributed by atoms with E-state index < -0.39 is 110 Å². The molecular formula is C83H62F25N11O6. The number of alkyl halides is 25. The number of hydrogen-bond donors (Lipinski definition) is 1. The van der Waals surface area contributed by atoms with Crippen molar-refractivity contribution in [3.63, 3.8) is 0 Å². The number of pyridine rings is 6. The van der Waals surface area contributed by atoms with Gasteiger partial charge in [-0.25, -0.2) is 47.5 Å². The average molecular weight is 1780 g/mol. The predicted molar refractivity (Wildman–Crippen MR) is 403 cm³/mol. The molecule has 17 nitrogen and oxygen atoms in total. The maximum absolute atomic E-state index is 13.2. The van der Waals surface area contributed by atoms with Crippen LogP contribution >= 0.6 is 0 Å². The van der Waals surface area contributed by atoms with Crippen molar-refractivity contribution in [1.29, 1.82) is 0 Å². The molecule has 0 fully saturated rings. The number of halogens is 25. The first kappa shape index (κ1) is 92.4. The molecule has 0 spiro atoms. The van der Waals surface area contributed by atoms with Gasteiger partial charge in [0.15, 0.2) is 13.2 Å². The summed E-state index contributed by atoms with van der Waals surface area (Å²) >= 11 is 0.